The Bertz CT molecular complexity index is 799. The SMILES string of the molecule is O=C(Cn1nnnc1CN1CCOCC1)NCC(c1ccccc1)N1CCCCCC1. The van der Waals surface area contributed by atoms with Crippen LogP contribution in [-0.4, -0.2) is 81.9 Å². The second-order valence-electron chi connectivity index (χ2n) is 8.32. The molecule has 168 valence electrons. The highest BCUT2D eigenvalue weighted by molar-refractivity contribution is 5.75. The average molecular weight is 428 g/mol. The van der Waals surface area contributed by atoms with Crippen molar-refractivity contribution in [2.45, 2.75) is 44.8 Å². The molecule has 4 rings (SSSR count). The van der Waals surface area contributed by atoms with E-state index >= 15 is 0 Å². The van der Waals surface area contributed by atoms with Gasteiger partial charge in [-0.3, -0.25) is 14.6 Å². The summed E-state index contributed by atoms with van der Waals surface area (Å²) in [5.41, 5.74) is 1.25. The number of carbonyl (C=O) groups is 1. The number of aromatic nitrogens is 4. The molecule has 0 spiro atoms. The van der Waals surface area contributed by atoms with E-state index in [1.807, 2.05) is 6.07 Å². The van der Waals surface area contributed by atoms with Crippen LogP contribution in [0, 0.1) is 0 Å². The van der Waals surface area contributed by atoms with E-state index in [-0.39, 0.29) is 18.5 Å². The van der Waals surface area contributed by atoms with Gasteiger partial charge in [0.2, 0.25) is 5.91 Å². The van der Waals surface area contributed by atoms with Crippen molar-refractivity contribution in [1.29, 1.82) is 0 Å². The topological polar surface area (TPSA) is 88.4 Å². The van der Waals surface area contributed by atoms with E-state index in [0.29, 0.717) is 18.9 Å². The van der Waals surface area contributed by atoms with Crippen molar-refractivity contribution < 1.29 is 9.53 Å². The second-order valence-corrected chi connectivity index (χ2v) is 8.32. The smallest absolute Gasteiger partial charge is 0.241 e. The first-order valence-electron chi connectivity index (χ1n) is 11.4. The van der Waals surface area contributed by atoms with Crippen molar-refractivity contribution in [3.05, 3.63) is 41.7 Å². The first kappa shape index (κ1) is 21.9. The number of morpholine rings is 1. The van der Waals surface area contributed by atoms with Gasteiger partial charge < -0.3 is 10.1 Å². The number of ether oxygens (including phenoxy) is 1. The Morgan fingerprint density at radius 2 is 1.77 bits per heavy atom. The summed E-state index contributed by atoms with van der Waals surface area (Å²) in [6.07, 6.45) is 5.00. The summed E-state index contributed by atoms with van der Waals surface area (Å²) in [6.45, 7) is 6.65. The van der Waals surface area contributed by atoms with Gasteiger partial charge in [-0.1, -0.05) is 43.2 Å². The van der Waals surface area contributed by atoms with Gasteiger partial charge in [0.05, 0.1) is 25.8 Å². The van der Waals surface area contributed by atoms with Crippen LogP contribution in [0.15, 0.2) is 30.3 Å². The summed E-state index contributed by atoms with van der Waals surface area (Å²) < 4.78 is 7.00. The normalized spacial score (nSPS) is 19.6. The number of hydrogen-bond acceptors (Lipinski definition) is 7. The highest BCUT2D eigenvalue weighted by Gasteiger charge is 2.23. The number of nitrogens with zero attached hydrogens (tertiary/aromatic N) is 6. The van der Waals surface area contributed by atoms with Crippen molar-refractivity contribution >= 4 is 5.91 Å². The van der Waals surface area contributed by atoms with E-state index < -0.39 is 0 Å². The maximum absolute atomic E-state index is 12.8. The lowest BCUT2D eigenvalue weighted by molar-refractivity contribution is -0.122. The van der Waals surface area contributed by atoms with Crippen LogP contribution in [0.4, 0.5) is 0 Å². The molecular weight excluding hydrogens is 394 g/mol. The maximum atomic E-state index is 12.8. The second kappa shape index (κ2) is 11.3. The Kier molecular flexibility index (Phi) is 7.98. The molecule has 0 radical (unpaired) electrons. The number of amides is 1. The highest BCUT2D eigenvalue weighted by Crippen LogP contribution is 2.23. The van der Waals surface area contributed by atoms with Crippen LogP contribution in [0.1, 0.15) is 43.1 Å². The largest absolute Gasteiger partial charge is 0.379 e. The third kappa shape index (κ3) is 6.32. The van der Waals surface area contributed by atoms with Gasteiger partial charge in [0.15, 0.2) is 5.82 Å². The minimum absolute atomic E-state index is 0.0636. The summed E-state index contributed by atoms with van der Waals surface area (Å²) in [5, 5.41) is 15.1. The lowest BCUT2D eigenvalue weighted by Crippen LogP contribution is -2.40. The van der Waals surface area contributed by atoms with Crippen LogP contribution in [0.5, 0.6) is 0 Å². The number of tetrazole rings is 1. The lowest BCUT2D eigenvalue weighted by Gasteiger charge is -2.31. The minimum Gasteiger partial charge on any atom is -0.379 e. The Hall–Kier alpha value is -2.36. The Balaban J connectivity index is 1.35. The Labute approximate surface area is 183 Å². The fourth-order valence-corrected chi connectivity index (χ4v) is 4.36. The molecular formula is C22H33N7O2. The van der Waals surface area contributed by atoms with Gasteiger partial charge in [0.25, 0.3) is 0 Å². The number of rotatable bonds is 8. The molecule has 1 amide bonds. The van der Waals surface area contributed by atoms with E-state index in [4.69, 9.17) is 4.74 Å². The predicted octanol–water partition coefficient (Wildman–Crippen LogP) is 1.24. The first-order chi connectivity index (χ1) is 15.3. The van der Waals surface area contributed by atoms with E-state index in [1.165, 1.54) is 31.2 Å². The third-order valence-electron chi connectivity index (χ3n) is 6.13. The van der Waals surface area contributed by atoms with Gasteiger partial charge >= 0.3 is 0 Å². The van der Waals surface area contributed by atoms with Gasteiger partial charge in [-0.2, -0.15) is 0 Å². The van der Waals surface area contributed by atoms with Crippen LogP contribution in [0.25, 0.3) is 0 Å². The summed E-state index contributed by atoms with van der Waals surface area (Å²) in [5.74, 6) is 0.649. The van der Waals surface area contributed by atoms with Gasteiger partial charge in [-0.15, -0.1) is 5.10 Å². The molecule has 2 saturated heterocycles. The zero-order chi connectivity index (χ0) is 21.3. The zero-order valence-electron chi connectivity index (χ0n) is 18.2. The standard InChI is InChI=1S/C22H33N7O2/c30-22(18-29-21(24-25-26-29)17-27-12-14-31-15-13-27)23-16-20(19-8-4-3-5-9-19)28-10-6-1-2-7-11-28/h3-5,8-9,20H,1-2,6-7,10-18H2,(H,23,30). The molecule has 2 aliphatic rings. The van der Waals surface area contributed by atoms with Gasteiger partial charge in [0.1, 0.15) is 6.54 Å². The third-order valence-corrected chi connectivity index (χ3v) is 6.13. The predicted molar refractivity (Wildman–Crippen MR) is 116 cm³/mol. The molecule has 2 fully saturated rings. The van der Waals surface area contributed by atoms with E-state index in [2.05, 4.69) is 54.9 Å². The molecule has 31 heavy (non-hydrogen) atoms. The fraction of sp³-hybridized carbons (Fsp3) is 0.636. The number of likely N-dealkylation sites (tertiary alicyclic amines) is 1. The summed E-state index contributed by atoms with van der Waals surface area (Å²) >= 11 is 0. The average Bonchev–Trinajstić information content (AvgIpc) is 3.05. The van der Waals surface area contributed by atoms with Gasteiger partial charge in [-0.25, -0.2) is 4.68 Å². The van der Waals surface area contributed by atoms with Crippen LogP contribution >= 0.6 is 0 Å². The van der Waals surface area contributed by atoms with Crippen LogP contribution in [0.2, 0.25) is 0 Å². The van der Waals surface area contributed by atoms with E-state index in [1.54, 1.807) is 4.68 Å². The molecule has 1 unspecified atom stereocenters. The molecule has 0 bridgehead atoms. The molecule has 1 N–H and O–H groups in total. The minimum atomic E-state index is -0.0636. The molecule has 2 aliphatic heterocycles. The van der Waals surface area contributed by atoms with E-state index in [0.717, 1.165) is 39.4 Å². The summed E-state index contributed by atoms with van der Waals surface area (Å²) in [7, 11) is 0. The van der Waals surface area contributed by atoms with Crippen molar-refractivity contribution in [1.82, 2.24) is 35.3 Å². The quantitative estimate of drug-likeness (QED) is 0.678. The number of nitrogens with one attached hydrogen (secondary N) is 1. The van der Waals surface area contributed by atoms with Gasteiger partial charge in [-0.05, 0) is 41.9 Å². The number of carbonyl (C=O) groups excluding carboxylic acids is 1. The summed E-state index contributed by atoms with van der Waals surface area (Å²) in [4.78, 5) is 17.5. The Morgan fingerprint density at radius 3 is 2.52 bits per heavy atom. The van der Waals surface area contributed by atoms with Crippen molar-refractivity contribution in [2.24, 2.45) is 0 Å². The number of benzene rings is 1. The van der Waals surface area contributed by atoms with Crippen LogP contribution in [0.3, 0.4) is 0 Å². The Morgan fingerprint density at radius 1 is 1.03 bits per heavy atom. The van der Waals surface area contributed by atoms with Crippen molar-refractivity contribution in [3.63, 3.8) is 0 Å². The molecule has 1 aromatic carbocycles. The van der Waals surface area contributed by atoms with Gasteiger partial charge in [0, 0.05) is 19.6 Å². The molecule has 2 aromatic rings. The monoisotopic (exact) mass is 427 g/mol. The zero-order valence-corrected chi connectivity index (χ0v) is 18.2. The van der Waals surface area contributed by atoms with Crippen molar-refractivity contribution in [2.75, 3.05) is 45.9 Å². The van der Waals surface area contributed by atoms with Crippen LogP contribution in [-0.2, 0) is 22.6 Å². The molecule has 3 heterocycles. The molecule has 0 aliphatic carbocycles. The molecule has 0 saturated carbocycles. The molecule has 9 nitrogen and oxygen atoms in total. The molecule has 1 atom stereocenters. The number of hydrogen-bond donors (Lipinski definition) is 1. The maximum Gasteiger partial charge on any atom is 0.241 e. The lowest BCUT2D eigenvalue weighted by atomic mass is 10.0. The van der Waals surface area contributed by atoms with Crippen LogP contribution < -0.4 is 5.32 Å². The highest BCUT2D eigenvalue weighted by atomic mass is 16.5. The molecule has 9 heteroatoms. The summed E-state index contributed by atoms with van der Waals surface area (Å²) in [6, 6.07) is 10.7. The van der Waals surface area contributed by atoms with Crippen molar-refractivity contribution in [3.8, 4) is 0 Å². The first-order valence-corrected chi connectivity index (χ1v) is 11.4. The fourth-order valence-electron chi connectivity index (χ4n) is 4.36. The molecule has 1 aromatic heterocycles. The van der Waals surface area contributed by atoms with E-state index in [9.17, 15) is 4.79 Å².